The van der Waals surface area contributed by atoms with Crippen LogP contribution in [-0.2, 0) is 11.3 Å². The molecule has 2 amide bonds. The van der Waals surface area contributed by atoms with Crippen LogP contribution in [0.2, 0.25) is 5.02 Å². The zero-order valence-corrected chi connectivity index (χ0v) is 16.1. The van der Waals surface area contributed by atoms with Gasteiger partial charge < -0.3 is 20.1 Å². The Morgan fingerprint density at radius 2 is 1.74 bits per heavy atom. The van der Waals surface area contributed by atoms with Crippen LogP contribution < -0.4 is 15.4 Å². The minimum absolute atomic E-state index is 0.0732. The highest BCUT2D eigenvalue weighted by atomic mass is 35.5. The first-order chi connectivity index (χ1) is 13.0. The maximum atomic E-state index is 12.0. The molecule has 2 aromatic rings. The van der Waals surface area contributed by atoms with Gasteiger partial charge in [0.15, 0.2) is 0 Å². The summed E-state index contributed by atoms with van der Waals surface area (Å²) in [5, 5.41) is 6.00. The standard InChI is InChI=1S/C20H23ClN2O4/c1-14(2)23-20(25)22-13-15-7-9-16(10-8-15)19(24)27-12-11-26-18-6-4-3-5-17(18)21/h3-10,14H,11-13H2,1-2H3,(H2,22,23,25). The van der Waals surface area contributed by atoms with Gasteiger partial charge in [-0.25, -0.2) is 9.59 Å². The zero-order chi connectivity index (χ0) is 19.6. The van der Waals surface area contributed by atoms with Crippen LogP contribution in [0.3, 0.4) is 0 Å². The quantitative estimate of drug-likeness (QED) is 0.531. The number of urea groups is 1. The number of nitrogens with one attached hydrogen (secondary N) is 2. The van der Waals surface area contributed by atoms with Gasteiger partial charge in [0.05, 0.1) is 10.6 Å². The molecule has 0 saturated heterocycles. The third-order valence-electron chi connectivity index (χ3n) is 3.47. The smallest absolute Gasteiger partial charge is 0.338 e. The second-order valence-corrected chi connectivity index (χ2v) is 6.50. The first kappa shape index (κ1) is 20.6. The number of halogens is 1. The van der Waals surface area contributed by atoms with Crippen LogP contribution in [0.4, 0.5) is 4.79 Å². The fraction of sp³-hybridized carbons (Fsp3) is 0.300. The van der Waals surface area contributed by atoms with Gasteiger partial charge in [-0.2, -0.15) is 0 Å². The summed E-state index contributed by atoms with van der Waals surface area (Å²) < 4.78 is 10.7. The predicted molar refractivity (Wildman–Crippen MR) is 104 cm³/mol. The molecule has 0 aliphatic heterocycles. The first-order valence-electron chi connectivity index (χ1n) is 8.63. The summed E-state index contributed by atoms with van der Waals surface area (Å²) in [5.74, 6) is 0.114. The highest BCUT2D eigenvalue weighted by Gasteiger charge is 2.08. The van der Waals surface area contributed by atoms with Crippen LogP contribution in [0.5, 0.6) is 5.75 Å². The van der Waals surface area contributed by atoms with Gasteiger partial charge in [0.2, 0.25) is 0 Å². The summed E-state index contributed by atoms with van der Waals surface area (Å²) in [6.07, 6.45) is 0. The molecule has 0 aliphatic rings. The van der Waals surface area contributed by atoms with Crippen molar-refractivity contribution in [3.63, 3.8) is 0 Å². The molecule has 2 aromatic carbocycles. The largest absolute Gasteiger partial charge is 0.488 e. The Balaban J connectivity index is 1.73. The Morgan fingerprint density at radius 1 is 1.04 bits per heavy atom. The SMILES string of the molecule is CC(C)NC(=O)NCc1ccc(C(=O)OCCOc2ccccc2Cl)cc1. The van der Waals surface area contributed by atoms with Crippen molar-refractivity contribution in [1.82, 2.24) is 10.6 Å². The van der Waals surface area contributed by atoms with Gasteiger partial charge in [-0.05, 0) is 43.7 Å². The van der Waals surface area contributed by atoms with Crippen molar-refractivity contribution in [3.05, 3.63) is 64.7 Å². The van der Waals surface area contributed by atoms with E-state index < -0.39 is 5.97 Å². The molecule has 7 heteroatoms. The number of benzene rings is 2. The average molecular weight is 391 g/mol. The number of amides is 2. The van der Waals surface area contributed by atoms with E-state index in [1.165, 1.54) is 0 Å². The molecule has 0 saturated carbocycles. The molecule has 0 aliphatic carbocycles. The van der Waals surface area contributed by atoms with Crippen molar-refractivity contribution in [2.75, 3.05) is 13.2 Å². The van der Waals surface area contributed by atoms with Gasteiger partial charge in [0.1, 0.15) is 19.0 Å². The molecule has 0 unspecified atom stereocenters. The first-order valence-corrected chi connectivity index (χ1v) is 9.01. The molecular weight excluding hydrogens is 368 g/mol. The number of ether oxygens (including phenoxy) is 2. The van der Waals surface area contributed by atoms with E-state index >= 15 is 0 Å². The lowest BCUT2D eigenvalue weighted by Crippen LogP contribution is -2.39. The van der Waals surface area contributed by atoms with Crippen LogP contribution in [0, 0.1) is 0 Å². The third kappa shape index (κ3) is 7.19. The highest BCUT2D eigenvalue weighted by Crippen LogP contribution is 2.22. The number of esters is 1. The molecule has 2 rings (SSSR count). The van der Waals surface area contributed by atoms with Crippen molar-refractivity contribution in [1.29, 1.82) is 0 Å². The van der Waals surface area contributed by atoms with Crippen molar-refractivity contribution in [3.8, 4) is 5.75 Å². The Hall–Kier alpha value is -2.73. The lowest BCUT2D eigenvalue weighted by atomic mass is 10.1. The molecule has 0 spiro atoms. The van der Waals surface area contributed by atoms with E-state index in [1.54, 1.807) is 36.4 Å². The van der Waals surface area contributed by atoms with Crippen molar-refractivity contribution < 1.29 is 19.1 Å². The molecule has 27 heavy (non-hydrogen) atoms. The minimum Gasteiger partial charge on any atom is -0.488 e. The van der Waals surface area contributed by atoms with E-state index in [9.17, 15) is 9.59 Å². The fourth-order valence-electron chi connectivity index (χ4n) is 2.19. The minimum atomic E-state index is -0.435. The second kappa shape index (κ2) is 10.4. The zero-order valence-electron chi connectivity index (χ0n) is 15.3. The van der Waals surface area contributed by atoms with E-state index in [0.29, 0.717) is 22.9 Å². The van der Waals surface area contributed by atoms with E-state index in [0.717, 1.165) is 5.56 Å². The van der Waals surface area contributed by atoms with Gasteiger partial charge in [-0.3, -0.25) is 0 Å². The summed E-state index contributed by atoms with van der Waals surface area (Å²) in [7, 11) is 0. The molecule has 0 fully saturated rings. The molecule has 0 heterocycles. The van der Waals surface area contributed by atoms with Crippen LogP contribution in [0.15, 0.2) is 48.5 Å². The highest BCUT2D eigenvalue weighted by molar-refractivity contribution is 6.32. The maximum absolute atomic E-state index is 12.0. The monoisotopic (exact) mass is 390 g/mol. The normalized spacial score (nSPS) is 10.4. The van der Waals surface area contributed by atoms with Crippen molar-refractivity contribution in [2.24, 2.45) is 0 Å². The Bertz CT molecular complexity index is 763. The van der Waals surface area contributed by atoms with Crippen LogP contribution in [0.25, 0.3) is 0 Å². The Labute approximate surface area is 163 Å². The second-order valence-electron chi connectivity index (χ2n) is 6.09. The topological polar surface area (TPSA) is 76.7 Å². The van der Waals surface area contributed by atoms with Crippen LogP contribution >= 0.6 is 11.6 Å². The third-order valence-corrected chi connectivity index (χ3v) is 3.79. The van der Waals surface area contributed by atoms with Crippen LogP contribution in [-0.4, -0.2) is 31.3 Å². The summed E-state index contributed by atoms with van der Waals surface area (Å²) >= 11 is 5.98. The predicted octanol–water partition coefficient (Wildman–Crippen LogP) is 3.78. The number of hydrogen-bond acceptors (Lipinski definition) is 4. The number of carbonyl (C=O) groups excluding carboxylic acids is 2. The number of hydrogen-bond donors (Lipinski definition) is 2. The van der Waals surface area contributed by atoms with Crippen molar-refractivity contribution >= 4 is 23.6 Å². The number of para-hydroxylation sites is 1. The molecule has 0 aromatic heterocycles. The van der Waals surface area contributed by atoms with E-state index in [1.807, 2.05) is 26.0 Å². The average Bonchev–Trinajstić information content (AvgIpc) is 2.64. The lowest BCUT2D eigenvalue weighted by Gasteiger charge is -2.10. The van der Waals surface area contributed by atoms with Gasteiger partial charge in [-0.15, -0.1) is 0 Å². The van der Waals surface area contributed by atoms with Gasteiger partial charge in [-0.1, -0.05) is 35.9 Å². The molecule has 2 N–H and O–H groups in total. The molecule has 144 valence electrons. The van der Waals surface area contributed by atoms with E-state index in [-0.39, 0.29) is 25.3 Å². The van der Waals surface area contributed by atoms with Gasteiger partial charge in [0, 0.05) is 12.6 Å². The Morgan fingerprint density at radius 3 is 2.41 bits per heavy atom. The van der Waals surface area contributed by atoms with E-state index in [4.69, 9.17) is 21.1 Å². The summed E-state index contributed by atoms with van der Waals surface area (Å²) in [6.45, 7) is 4.48. The maximum Gasteiger partial charge on any atom is 0.338 e. The molecule has 0 radical (unpaired) electrons. The van der Waals surface area contributed by atoms with E-state index in [2.05, 4.69) is 10.6 Å². The number of carbonyl (C=O) groups is 2. The molecule has 0 atom stereocenters. The molecule has 0 bridgehead atoms. The van der Waals surface area contributed by atoms with Crippen LogP contribution in [0.1, 0.15) is 29.8 Å². The fourth-order valence-corrected chi connectivity index (χ4v) is 2.38. The molecular formula is C20H23ClN2O4. The lowest BCUT2D eigenvalue weighted by molar-refractivity contribution is 0.0450. The Kier molecular flexibility index (Phi) is 7.95. The summed E-state index contributed by atoms with van der Waals surface area (Å²) in [5.41, 5.74) is 1.32. The van der Waals surface area contributed by atoms with Gasteiger partial charge >= 0.3 is 12.0 Å². The number of rotatable bonds is 8. The van der Waals surface area contributed by atoms with Gasteiger partial charge in [0.25, 0.3) is 0 Å². The summed E-state index contributed by atoms with van der Waals surface area (Å²) in [6, 6.07) is 13.8. The molecule has 6 nitrogen and oxygen atoms in total. The van der Waals surface area contributed by atoms with Crippen molar-refractivity contribution in [2.45, 2.75) is 26.4 Å². The summed E-state index contributed by atoms with van der Waals surface area (Å²) in [4.78, 5) is 23.6.